The van der Waals surface area contributed by atoms with Gasteiger partial charge in [0, 0.05) is 9.80 Å². The number of halogens is 2. The Morgan fingerprint density at radius 1 is 1.27 bits per heavy atom. The molecular formula is C12H16Br2O. The second-order valence-electron chi connectivity index (χ2n) is 3.57. The summed E-state index contributed by atoms with van der Waals surface area (Å²) in [4.78, 5) is 0. The number of hydrogen-bond acceptors (Lipinski definition) is 1. The number of benzene rings is 1. The highest BCUT2D eigenvalue weighted by atomic mass is 79.9. The van der Waals surface area contributed by atoms with Crippen molar-refractivity contribution in [3.63, 3.8) is 0 Å². The van der Waals surface area contributed by atoms with Gasteiger partial charge in [-0.05, 0) is 23.6 Å². The molecule has 0 spiro atoms. The molecule has 0 fully saturated rings. The van der Waals surface area contributed by atoms with E-state index in [-0.39, 0.29) is 0 Å². The van der Waals surface area contributed by atoms with E-state index in [4.69, 9.17) is 4.74 Å². The number of alkyl halides is 1. The Morgan fingerprint density at radius 3 is 2.47 bits per heavy atom. The Kier molecular flexibility index (Phi) is 6.53. The minimum Gasteiger partial charge on any atom is -0.376 e. The lowest BCUT2D eigenvalue weighted by Crippen LogP contribution is -2.09. The zero-order valence-electron chi connectivity index (χ0n) is 8.88. The van der Waals surface area contributed by atoms with Crippen LogP contribution in [0.15, 0.2) is 28.7 Å². The number of rotatable bonds is 6. The van der Waals surface area contributed by atoms with E-state index >= 15 is 0 Å². The molecule has 1 atom stereocenters. The van der Waals surface area contributed by atoms with Crippen molar-refractivity contribution in [2.45, 2.75) is 20.0 Å². The molecule has 1 rings (SSSR count). The van der Waals surface area contributed by atoms with Crippen molar-refractivity contribution in [1.29, 1.82) is 0 Å². The average Bonchev–Trinajstić information content (AvgIpc) is 2.27. The minimum atomic E-state index is 0.625. The van der Waals surface area contributed by atoms with Crippen LogP contribution in [0.4, 0.5) is 0 Å². The van der Waals surface area contributed by atoms with Crippen molar-refractivity contribution in [1.82, 2.24) is 0 Å². The highest BCUT2D eigenvalue weighted by Gasteiger charge is 2.03. The smallest absolute Gasteiger partial charge is 0.0717 e. The lowest BCUT2D eigenvalue weighted by Gasteiger charge is -2.11. The highest BCUT2D eigenvalue weighted by Crippen LogP contribution is 2.12. The van der Waals surface area contributed by atoms with Crippen LogP contribution >= 0.6 is 31.9 Å². The fourth-order valence-corrected chi connectivity index (χ4v) is 2.10. The largest absolute Gasteiger partial charge is 0.376 e. The molecule has 0 aliphatic heterocycles. The lowest BCUT2D eigenvalue weighted by atomic mass is 10.1. The van der Waals surface area contributed by atoms with Gasteiger partial charge in [0.1, 0.15) is 0 Å². The van der Waals surface area contributed by atoms with Gasteiger partial charge in [0.25, 0.3) is 0 Å². The van der Waals surface area contributed by atoms with Crippen LogP contribution in [0.1, 0.15) is 18.9 Å². The highest BCUT2D eigenvalue weighted by molar-refractivity contribution is 9.10. The summed E-state index contributed by atoms with van der Waals surface area (Å²) in [6.07, 6.45) is 1.16. The van der Waals surface area contributed by atoms with Gasteiger partial charge in [0.2, 0.25) is 0 Å². The monoisotopic (exact) mass is 334 g/mol. The predicted octanol–water partition coefficient (Wildman–Crippen LogP) is 4.39. The maximum atomic E-state index is 5.66. The van der Waals surface area contributed by atoms with Gasteiger partial charge < -0.3 is 4.74 Å². The molecule has 0 heterocycles. The fraction of sp³-hybridized carbons (Fsp3) is 0.500. The first-order valence-corrected chi connectivity index (χ1v) is 7.05. The van der Waals surface area contributed by atoms with Gasteiger partial charge in [0.15, 0.2) is 0 Å². The molecule has 0 saturated carbocycles. The number of hydrogen-bond donors (Lipinski definition) is 0. The second-order valence-corrected chi connectivity index (χ2v) is 5.13. The SMILES string of the molecule is CCC(CBr)COCc1ccc(Br)cc1. The van der Waals surface area contributed by atoms with Gasteiger partial charge in [-0.2, -0.15) is 0 Å². The normalized spacial score (nSPS) is 12.7. The quantitative estimate of drug-likeness (QED) is 0.701. The van der Waals surface area contributed by atoms with Crippen molar-refractivity contribution >= 4 is 31.9 Å². The van der Waals surface area contributed by atoms with E-state index in [0.717, 1.165) is 22.8 Å². The Bertz CT molecular complexity index is 267. The molecule has 3 heteroatoms. The summed E-state index contributed by atoms with van der Waals surface area (Å²) in [6, 6.07) is 8.25. The molecular weight excluding hydrogens is 320 g/mol. The predicted molar refractivity (Wildman–Crippen MR) is 71.4 cm³/mol. The van der Waals surface area contributed by atoms with Crippen LogP contribution in [0, 0.1) is 5.92 Å². The average molecular weight is 336 g/mol. The summed E-state index contributed by atoms with van der Waals surface area (Å²) in [7, 11) is 0. The Morgan fingerprint density at radius 2 is 1.93 bits per heavy atom. The molecule has 0 aliphatic carbocycles. The van der Waals surface area contributed by atoms with E-state index < -0.39 is 0 Å². The number of ether oxygens (including phenoxy) is 1. The lowest BCUT2D eigenvalue weighted by molar-refractivity contribution is 0.0927. The van der Waals surface area contributed by atoms with Gasteiger partial charge in [-0.3, -0.25) is 0 Å². The molecule has 0 aliphatic rings. The first-order valence-electron chi connectivity index (χ1n) is 5.14. The van der Waals surface area contributed by atoms with Gasteiger partial charge in [0.05, 0.1) is 13.2 Å². The molecule has 0 amide bonds. The Balaban J connectivity index is 2.28. The van der Waals surface area contributed by atoms with Crippen molar-refractivity contribution in [3.05, 3.63) is 34.3 Å². The summed E-state index contributed by atoms with van der Waals surface area (Å²) < 4.78 is 6.77. The molecule has 0 saturated heterocycles. The zero-order valence-corrected chi connectivity index (χ0v) is 12.1. The van der Waals surface area contributed by atoms with E-state index in [1.165, 1.54) is 5.56 Å². The van der Waals surface area contributed by atoms with E-state index in [9.17, 15) is 0 Å². The summed E-state index contributed by atoms with van der Waals surface area (Å²) in [5.41, 5.74) is 1.22. The van der Waals surface area contributed by atoms with Crippen LogP contribution < -0.4 is 0 Å². The summed E-state index contributed by atoms with van der Waals surface area (Å²) in [5, 5.41) is 1.02. The molecule has 1 nitrogen and oxygen atoms in total. The Labute approximate surface area is 108 Å². The van der Waals surface area contributed by atoms with Crippen molar-refractivity contribution in [2.75, 3.05) is 11.9 Å². The molecule has 84 valence electrons. The molecule has 15 heavy (non-hydrogen) atoms. The molecule has 1 aromatic carbocycles. The maximum Gasteiger partial charge on any atom is 0.0717 e. The minimum absolute atomic E-state index is 0.625. The van der Waals surface area contributed by atoms with E-state index in [2.05, 4.69) is 50.9 Å². The maximum absolute atomic E-state index is 5.66. The van der Waals surface area contributed by atoms with Crippen LogP contribution in [0.3, 0.4) is 0 Å². The third-order valence-corrected chi connectivity index (χ3v) is 3.78. The molecule has 0 bridgehead atoms. The zero-order chi connectivity index (χ0) is 11.1. The third-order valence-electron chi connectivity index (χ3n) is 2.33. The molecule has 0 aromatic heterocycles. The molecule has 0 radical (unpaired) electrons. The van der Waals surface area contributed by atoms with Gasteiger partial charge in [-0.1, -0.05) is 57.3 Å². The third kappa shape index (κ3) is 5.14. The summed E-state index contributed by atoms with van der Waals surface area (Å²) in [5.74, 6) is 0.625. The molecule has 0 N–H and O–H groups in total. The van der Waals surface area contributed by atoms with Gasteiger partial charge in [-0.25, -0.2) is 0 Å². The second kappa shape index (κ2) is 7.42. The van der Waals surface area contributed by atoms with Crippen molar-refractivity contribution in [3.8, 4) is 0 Å². The standard InChI is InChI=1S/C12H16Br2O/c1-2-10(7-13)8-15-9-11-3-5-12(14)6-4-11/h3-6,10H,2,7-9H2,1H3. The van der Waals surface area contributed by atoms with E-state index in [1.807, 2.05) is 12.1 Å². The first kappa shape index (κ1) is 13.2. The van der Waals surface area contributed by atoms with E-state index in [0.29, 0.717) is 12.5 Å². The fourth-order valence-electron chi connectivity index (χ4n) is 1.20. The van der Waals surface area contributed by atoms with Crippen LogP contribution in [-0.2, 0) is 11.3 Å². The van der Waals surface area contributed by atoms with Crippen LogP contribution in [0.2, 0.25) is 0 Å². The van der Waals surface area contributed by atoms with Gasteiger partial charge >= 0.3 is 0 Å². The van der Waals surface area contributed by atoms with Crippen LogP contribution in [-0.4, -0.2) is 11.9 Å². The summed E-state index contributed by atoms with van der Waals surface area (Å²) in [6.45, 7) is 3.73. The van der Waals surface area contributed by atoms with Crippen LogP contribution in [0.5, 0.6) is 0 Å². The molecule has 1 unspecified atom stereocenters. The summed E-state index contributed by atoms with van der Waals surface area (Å²) >= 11 is 6.90. The van der Waals surface area contributed by atoms with Crippen LogP contribution in [0.25, 0.3) is 0 Å². The Hall–Kier alpha value is 0.140. The molecule has 1 aromatic rings. The topological polar surface area (TPSA) is 9.23 Å². The van der Waals surface area contributed by atoms with Crippen molar-refractivity contribution in [2.24, 2.45) is 5.92 Å². The van der Waals surface area contributed by atoms with Gasteiger partial charge in [-0.15, -0.1) is 0 Å². The first-order chi connectivity index (χ1) is 7.26. The van der Waals surface area contributed by atoms with E-state index in [1.54, 1.807) is 0 Å². The van der Waals surface area contributed by atoms with Crippen molar-refractivity contribution < 1.29 is 4.74 Å².